The lowest BCUT2D eigenvalue weighted by Crippen LogP contribution is -2.70. The van der Waals surface area contributed by atoms with Crippen molar-refractivity contribution < 1.29 is 104 Å². The van der Waals surface area contributed by atoms with E-state index in [1.54, 1.807) is 0 Å². The van der Waals surface area contributed by atoms with E-state index in [0.717, 1.165) is 71.1 Å². The van der Waals surface area contributed by atoms with Gasteiger partial charge in [-0.25, -0.2) is 4.79 Å². The van der Waals surface area contributed by atoms with E-state index in [1.165, 1.54) is 212 Å². The topological polar surface area (TPSA) is 373 Å². The Bertz CT molecular complexity index is 2150. The van der Waals surface area contributed by atoms with Crippen LogP contribution in [0.25, 0.3) is 0 Å². The Morgan fingerprint density at radius 1 is 0.505 bits per heavy atom. The predicted molar refractivity (Wildman–Crippen MR) is 398 cm³/mol. The molecule has 3 saturated heterocycles. The van der Waals surface area contributed by atoms with Crippen molar-refractivity contribution in [1.29, 1.82) is 0 Å². The second-order valence-corrected chi connectivity index (χ2v) is 30.0. The first kappa shape index (κ1) is 94.4. The number of nitrogens with one attached hydrogen (secondary N) is 2. The minimum atomic E-state index is -3.08. The number of carboxylic acid groups (broad SMARTS) is 1. The molecule has 0 spiro atoms. The summed E-state index contributed by atoms with van der Waals surface area (Å²) in [5.74, 6) is -6.10. The smallest absolute Gasteiger partial charge is 0.364 e. The van der Waals surface area contributed by atoms with Crippen LogP contribution in [0.3, 0.4) is 0 Å². The van der Waals surface area contributed by atoms with E-state index in [0.29, 0.717) is 19.3 Å². The maximum absolute atomic E-state index is 13.6. The number of aliphatic hydroxyl groups excluding tert-OH is 11. The third kappa shape index (κ3) is 39.4. The molecule has 23 heteroatoms. The van der Waals surface area contributed by atoms with Crippen LogP contribution in [0, 0.1) is 0 Å². The van der Waals surface area contributed by atoms with E-state index in [2.05, 4.69) is 48.8 Å². The van der Waals surface area contributed by atoms with Gasteiger partial charge in [0, 0.05) is 19.8 Å². The fraction of sp³-hybridized carbons (Fsp3) is 0.912. The van der Waals surface area contributed by atoms with Crippen LogP contribution < -0.4 is 10.6 Å². The monoisotopic (exact) mass is 1470 g/mol. The number of rotatable bonds is 65. The van der Waals surface area contributed by atoms with Gasteiger partial charge in [0.2, 0.25) is 11.8 Å². The summed E-state index contributed by atoms with van der Waals surface area (Å²) < 4.78 is 35.0. The number of carboxylic acids is 1. The Kier molecular flexibility index (Phi) is 54.2. The lowest BCUT2D eigenvalue weighted by atomic mass is 9.88. The van der Waals surface area contributed by atoms with Crippen LogP contribution in [0.15, 0.2) is 24.3 Å². The molecule has 3 aliphatic rings. The minimum absolute atomic E-state index is 0.222. The zero-order valence-electron chi connectivity index (χ0n) is 63.9. The fourth-order valence-electron chi connectivity index (χ4n) is 14.4. The first-order chi connectivity index (χ1) is 49.9. The summed E-state index contributed by atoms with van der Waals surface area (Å²) in [5.41, 5.74) is 0. The molecule has 0 aromatic carbocycles. The van der Waals surface area contributed by atoms with Crippen molar-refractivity contribution >= 4 is 17.8 Å². The highest BCUT2D eigenvalue weighted by atomic mass is 16.8. The molecule has 0 radical (unpaired) electrons. The van der Waals surface area contributed by atoms with Crippen LogP contribution >= 0.6 is 0 Å². The number of carbonyl (C=O) groups excluding carboxylic acids is 2. The lowest BCUT2D eigenvalue weighted by Gasteiger charge is -2.50. The maximum atomic E-state index is 13.6. The summed E-state index contributed by atoms with van der Waals surface area (Å²) in [6.45, 7) is 2.25. The van der Waals surface area contributed by atoms with Gasteiger partial charge in [0.1, 0.15) is 67.1 Å². The third-order valence-corrected chi connectivity index (χ3v) is 20.9. The molecule has 3 fully saturated rings. The van der Waals surface area contributed by atoms with Gasteiger partial charge in [-0.2, -0.15) is 0 Å². The van der Waals surface area contributed by atoms with Crippen molar-refractivity contribution in [2.24, 2.45) is 0 Å². The van der Waals surface area contributed by atoms with Crippen molar-refractivity contribution in [3.8, 4) is 0 Å². The van der Waals surface area contributed by atoms with Gasteiger partial charge in [0.25, 0.3) is 5.79 Å². The summed E-state index contributed by atoms with van der Waals surface area (Å²) in [7, 11) is 0. The number of hydrogen-bond donors (Lipinski definition) is 14. The quantitative estimate of drug-likeness (QED) is 0.0199. The van der Waals surface area contributed by atoms with Gasteiger partial charge in [-0.1, -0.05) is 289 Å². The number of ether oxygens (including phenoxy) is 6. The van der Waals surface area contributed by atoms with Gasteiger partial charge in [-0.15, -0.1) is 0 Å². The van der Waals surface area contributed by atoms with Gasteiger partial charge in [0.05, 0.1) is 50.7 Å². The summed E-state index contributed by atoms with van der Waals surface area (Å²) in [6.07, 6.45) is 35.9. The number of carbonyl (C=O) groups is 3. The maximum Gasteiger partial charge on any atom is 0.364 e. The molecular formula is C80H148N2O21. The molecule has 3 heterocycles. The highest BCUT2D eigenvalue weighted by Crippen LogP contribution is 2.39. The Morgan fingerprint density at radius 3 is 1.36 bits per heavy atom. The average Bonchev–Trinajstić information content (AvgIpc) is 0.754. The fourth-order valence-corrected chi connectivity index (χ4v) is 14.4. The standard InChI is InChI=1S/C80H148N2O21/c1-4-6-8-10-12-14-16-18-20-22-24-26-28-29-30-31-32-34-36-38-40-42-44-46-48-50-52-54-67(90)82-61(62(87)53-51-49-47-45-43-41-39-37-35-33-27-25-23-21-19-17-15-13-11-9-7-5-2)59-98-77-72(94)71(93)74(66(58-85)100-77)101-78-73(95)76(70(92)65(57-84)99-78)103-80(79(96)97)55-63(88)68(81-60(3)86)75(102-80)69(91)64(89)56-83/h24,26,29-30,61-66,68-78,83-85,87-89,91-95H,4-23,25,27-28,31-59H2,1-3H3,(H,81,86)(H,82,90)(H,96,97)/b26-24-,30-29-. The largest absolute Gasteiger partial charge is 0.477 e. The van der Waals surface area contributed by atoms with Crippen LogP contribution in [-0.2, 0) is 42.8 Å². The van der Waals surface area contributed by atoms with Crippen LogP contribution in [0.4, 0.5) is 0 Å². The summed E-state index contributed by atoms with van der Waals surface area (Å²) >= 11 is 0. The molecule has 3 rings (SSSR count). The number of unbranched alkanes of at least 4 members (excludes halogenated alkanes) is 41. The van der Waals surface area contributed by atoms with Crippen molar-refractivity contribution in [1.82, 2.24) is 10.6 Å². The van der Waals surface area contributed by atoms with Gasteiger partial charge >= 0.3 is 5.97 Å². The van der Waals surface area contributed by atoms with E-state index >= 15 is 0 Å². The van der Waals surface area contributed by atoms with Crippen LogP contribution in [0.1, 0.15) is 329 Å². The number of aliphatic hydroxyl groups is 11. The SMILES string of the molecule is CCCCCCCCCCC/C=C\C/C=C\CCCCCCCCCCCCCC(=O)NC(COC1OC(CO)C(OC2OC(CO)C(O)C(OC3(C(=O)O)CC(O)C(NC(C)=O)C(C(O)C(O)CO)O3)C2O)C(O)C1O)C(O)CCCCCCCCCCCCCCCCCCCCCCCC. The van der Waals surface area contributed by atoms with Crippen LogP contribution in [0.2, 0.25) is 0 Å². The highest BCUT2D eigenvalue weighted by Gasteiger charge is 2.60. The molecule has 18 atom stereocenters. The van der Waals surface area contributed by atoms with Crippen molar-refractivity contribution in [3.63, 3.8) is 0 Å². The van der Waals surface area contributed by atoms with E-state index in [9.17, 15) is 75.7 Å². The molecule has 0 aromatic heterocycles. The van der Waals surface area contributed by atoms with Crippen molar-refractivity contribution in [2.45, 2.75) is 439 Å². The predicted octanol–water partition coefficient (Wildman–Crippen LogP) is 11.1. The van der Waals surface area contributed by atoms with Gasteiger partial charge in [-0.3, -0.25) is 9.59 Å². The zero-order valence-corrected chi connectivity index (χ0v) is 63.9. The molecule has 0 aliphatic carbocycles. The van der Waals surface area contributed by atoms with E-state index < -0.39 is 148 Å². The minimum Gasteiger partial charge on any atom is -0.477 e. The number of hydrogen-bond acceptors (Lipinski definition) is 20. The van der Waals surface area contributed by atoms with Crippen molar-refractivity contribution in [2.75, 3.05) is 26.4 Å². The Morgan fingerprint density at radius 2 is 0.932 bits per heavy atom. The van der Waals surface area contributed by atoms with E-state index in [1.807, 2.05) is 0 Å². The molecule has 14 N–H and O–H groups in total. The summed E-state index contributed by atoms with van der Waals surface area (Å²) in [6, 6.07) is -2.53. The second kappa shape index (κ2) is 59.1. The molecule has 2 amide bonds. The van der Waals surface area contributed by atoms with Crippen molar-refractivity contribution in [3.05, 3.63) is 24.3 Å². The number of allylic oxidation sites excluding steroid dienone is 4. The first-order valence-electron chi connectivity index (χ1n) is 41.2. The first-order valence-corrected chi connectivity index (χ1v) is 41.2. The normalized spacial score (nSPS) is 26.6. The van der Waals surface area contributed by atoms with E-state index in [-0.39, 0.29) is 18.9 Å². The molecule has 0 aromatic rings. The summed E-state index contributed by atoms with van der Waals surface area (Å²) in [5, 5.41) is 137. The average molecular weight is 1470 g/mol. The lowest BCUT2D eigenvalue weighted by molar-refractivity contribution is -0.386. The molecule has 3 aliphatic heterocycles. The number of aliphatic carboxylic acids is 1. The van der Waals surface area contributed by atoms with Gasteiger partial charge < -0.3 is 100 Å². The van der Waals surface area contributed by atoms with Gasteiger partial charge in [-0.05, 0) is 44.9 Å². The molecule has 0 saturated carbocycles. The molecule has 0 bridgehead atoms. The van der Waals surface area contributed by atoms with Crippen LogP contribution in [0.5, 0.6) is 0 Å². The zero-order chi connectivity index (χ0) is 75.3. The molecule has 23 nitrogen and oxygen atoms in total. The van der Waals surface area contributed by atoms with Crippen LogP contribution in [-0.4, -0.2) is 215 Å². The second-order valence-electron chi connectivity index (χ2n) is 30.0. The third-order valence-electron chi connectivity index (χ3n) is 20.9. The Hall–Kier alpha value is -2.79. The molecule has 103 heavy (non-hydrogen) atoms. The summed E-state index contributed by atoms with van der Waals surface area (Å²) in [4.78, 5) is 38.7. The molecule has 604 valence electrons. The van der Waals surface area contributed by atoms with Gasteiger partial charge in [0.15, 0.2) is 12.6 Å². The molecular weight excluding hydrogens is 1320 g/mol. The Balaban J connectivity index is 1.51. The molecule has 18 unspecified atom stereocenters. The Labute approximate surface area is 619 Å². The number of amides is 2. The highest BCUT2D eigenvalue weighted by molar-refractivity contribution is 5.77. The van der Waals surface area contributed by atoms with E-state index in [4.69, 9.17) is 28.4 Å².